The highest BCUT2D eigenvalue weighted by Crippen LogP contribution is 2.36. The second-order valence-electron chi connectivity index (χ2n) is 6.92. The van der Waals surface area contributed by atoms with E-state index in [4.69, 9.17) is 13.9 Å². The van der Waals surface area contributed by atoms with Crippen LogP contribution in [0.25, 0.3) is 22.3 Å². The monoisotopic (exact) mass is 401 g/mol. The van der Waals surface area contributed by atoms with E-state index in [0.717, 1.165) is 11.1 Å². The molecule has 152 valence electrons. The van der Waals surface area contributed by atoms with Gasteiger partial charge in [-0.1, -0.05) is 36.4 Å². The Morgan fingerprint density at radius 2 is 1.83 bits per heavy atom. The van der Waals surface area contributed by atoms with Gasteiger partial charge in [-0.05, 0) is 49.7 Å². The normalized spacial score (nSPS) is 10.8. The van der Waals surface area contributed by atoms with Crippen LogP contribution in [0.4, 0.5) is 5.69 Å². The average Bonchev–Trinajstić information content (AvgIpc) is 3.14. The fraction of sp³-hybridized carbons (Fsp3) is 0.160. The highest BCUT2D eigenvalue weighted by molar-refractivity contribution is 6.17. The van der Waals surface area contributed by atoms with Crippen molar-refractivity contribution in [1.29, 1.82) is 0 Å². The van der Waals surface area contributed by atoms with Crippen LogP contribution in [0, 0.1) is 6.92 Å². The predicted octanol–water partition coefficient (Wildman–Crippen LogP) is 6.07. The number of anilines is 1. The van der Waals surface area contributed by atoms with Crippen molar-refractivity contribution in [2.24, 2.45) is 0 Å². The molecule has 0 atom stereocenters. The maximum atomic E-state index is 13.5. The molecule has 1 heterocycles. The van der Waals surface area contributed by atoms with Crippen LogP contribution in [0.1, 0.15) is 22.8 Å². The van der Waals surface area contributed by atoms with Gasteiger partial charge in [-0.2, -0.15) is 0 Å². The van der Waals surface area contributed by atoms with Crippen molar-refractivity contribution in [3.8, 4) is 22.8 Å². The third-order valence-electron chi connectivity index (χ3n) is 4.84. The van der Waals surface area contributed by atoms with E-state index in [1.54, 1.807) is 7.11 Å². The highest BCUT2D eigenvalue weighted by atomic mass is 16.5. The first-order valence-electron chi connectivity index (χ1n) is 9.81. The van der Waals surface area contributed by atoms with Gasteiger partial charge in [0.25, 0.3) is 5.91 Å². The summed E-state index contributed by atoms with van der Waals surface area (Å²) in [5, 5.41) is 3.69. The average molecular weight is 401 g/mol. The quantitative estimate of drug-likeness (QED) is 0.426. The molecule has 0 aliphatic rings. The van der Waals surface area contributed by atoms with Crippen molar-refractivity contribution in [1.82, 2.24) is 0 Å². The number of carbonyl (C=O) groups is 1. The number of hydrogen-bond acceptors (Lipinski definition) is 4. The summed E-state index contributed by atoms with van der Waals surface area (Å²) >= 11 is 0. The Morgan fingerprint density at radius 1 is 1.03 bits per heavy atom. The van der Waals surface area contributed by atoms with Gasteiger partial charge in [0.2, 0.25) is 0 Å². The third-order valence-corrected chi connectivity index (χ3v) is 4.84. The number of aryl methyl sites for hydroxylation is 1. The Hall–Kier alpha value is -3.73. The molecule has 0 spiro atoms. The summed E-state index contributed by atoms with van der Waals surface area (Å²) in [6, 6.07) is 20.8. The van der Waals surface area contributed by atoms with Crippen LogP contribution in [0.5, 0.6) is 11.5 Å². The van der Waals surface area contributed by atoms with Crippen LogP contribution in [0.15, 0.2) is 71.1 Å². The molecule has 0 saturated heterocycles. The minimum Gasteiger partial charge on any atom is -0.495 e. The van der Waals surface area contributed by atoms with Crippen molar-refractivity contribution in [2.75, 3.05) is 19.0 Å². The molecule has 0 fully saturated rings. The molecular formula is C25H23NO4. The number of rotatable bonds is 6. The number of amides is 1. The van der Waals surface area contributed by atoms with Crippen molar-refractivity contribution < 1.29 is 18.7 Å². The number of benzene rings is 3. The standard InChI is InChI=1S/C25H23NO4/c1-4-29-18-11-13-21-19(15-18)23(24(30-21)17-8-6-5-7-9-17)25(27)26-20-14-16(2)10-12-22(20)28-3/h5-15H,4H2,1-3H3,(H,26,27). The number of furan rings is 1. The van der Waals surface area contributed by atoms with Crippen molar-refractivity contribution >= 4 is 22.6 Å². The van der Waals surface area contributed by atoms with Gasteiger partial charge in [0, 0.05) is 10.9 Å². The van der Waals surface area contributed by atoms with Gasteiger partial charge in [-0.15, -0.1) is 0 Å². The van der Waals surface area contributed by atoms with Gasteiger partial charge in [0.1, 0.15) is 22.8 Å². The maximum absolute atomic E-state index is 13.5. The Bertz CT molecular complexity index is 1190. The molecule has 0 aliphatic heterocycles. The molecule has 0 bridgehead atoms. The van der Waals surface area contributed by atoms with Crippen LogP contribution >= 0.6 is 0 Å². The number of methoxy groups -OCH3 is 1. The van der Waals surface area contributed by atoms with Gasteiger partial charge in [0.05, 0.1) is 25.0 Å². The summed E-state index contributed by atoms with van der Waals surface area (Å²) in [4.78, 5) is 13.5. The van der Waals surface area contributed by atoms with Crippen molar-refractivity contribution in [3.05, 3.63) is 77.9 Å². The van der Waals surface area contributed by atoms with Gasteiger partial charge in [-0.3, -0.25) is 4.79 Å². The maximum Gasteiger partial charge on any atom is 0.260 e. The highest BCUT2D eigenvalue weighted by Gasteiger charge is 2.23. The Kier molecular flexibility index (Phi) is 5.44. The molecule has 3 aromatic carbocycles. The Balaban J connectivity index is 1.86. The van der Waals surface area contributed by atoms with Crippen LogP contribution in [-0.2, 0) is 0 Å². The number of nitrogens with one attached hydrogen (secondary N) is 1. The zero-order chi connectivity index (χ0) is 21.1. The van der Waals surface area contributed by atoms with Gasteiger partial charge >= 0.3 is 0 Å². The van der Waals surface area contributed by atoms with Gasteiger partial charge in [-0.25, -0.2) is 0 Å². The summed E-state index contributed by atoms with van der Waals surface area (Å²) in [5.74, 6) is 1.53. The van der Waals surface area contributed by atoms with Crippen LogP contribution in [-0.4, -0.2) is 19.6 Å². The zero-order valence-electron chi connectivity index (χ0n) is 17.2. The SMILES string of the molecule is CCOc1ccc2oc(-c3ccccc3)c(C(=O)Nc3cc(C)ccc3OC)c2c1. The van der Waals surface area contributed by atoms with Gasteiger partial charge in [0.15, 0.2) is 0 Å². The largest absolute Gasteiger partial charge is 0.495 e. The van der Waals surface area contributed by atoms with E-state index in [1.807, 2.05) is 80.6 Å². The number of ether oxygens (including phenoxy) is 2. The molecule has 1 aromatic heterocycles. The topological polar surface area (TPSA) is 60.7 Å². The van der Waals surface area contributed by atoms with E-state index in [0.29, 0.717) is 46.1 Å². The van der Waals surface area contributed by atoms with Crippen LogP contribution in [0.2, 0.25) is 0 Å². The first-order chi connectivity index (χ1) is 14.6. The Labute approximate surface area is 175 Å². The minimum absolute atomic E-state index is 0.273. The second kappa shape index (κ2) is 8.33. The van der Waals surface area contributed by atoms with Crippen LogP contribution in [0.3, 0.4) is 0 Å². The summed E-state index contributed by atoms with van der Waals surface area (Å²) in [6.45, 7) is 4.43. The van der Waals surface area contributed by atoms with E-state index >= 15 is 0 Å². The first kappa shape index (κ1) is 19.6. The number of hydrogen-bond donors (Lipinski definition) is 1. The van der Waals surface area contributed by atoms with Crippen LogP contribution < -0.4 is 14.8 Å². The van der Waals surface area contributed by atoms with E-state index in [1.165, 1.54) is 0 Å². The summed E-state index contributed by atoms with van der Waals surface area (Å²) in [7, 11) is 1.58. The molecule has 0 aliphatic carbocycles. The van der Waals surface area contributed by atoms with E-state index in [9.17, 15) is 4.79 Å². The summed E-state index contributed by atoms with van der Waals surface area (Å²) in [6.07, 6.45) is 0. The predicted molar refractivity (Wildman–Crippen MR) is 119 cm³/mol. The van der Waals surface area contributed by atoms with E-state index < -0.39 is 0 Å². The lowest BCUT2D eigenvalue weighted by molar-refractivity contribution is 0.102. The molecule has 0 radical (unpaired) electrons. The Morgan fingerprint density at radius 3 is 2.57 bits per heavy atom. The van der Waals surface area contributed by atoms with E-state index in [2.05, 4.69) is 5.32 Å². The summed E-state index contributed by atoms with van der Waals surface area (Å²) in [5.41, 5.74) is 3.54. The molecule has 5 heteroatoms. The fourth-order valence-corrected chi connectivity index (χ4v) is 3.46. The first-order valence-corrected chi connectivity index (χ1v) is 9.81. The van der Waals surface area contributed by atoms with Crippen molar-refractivity contribution in [3.63, 3.8) is 0 Å². The lowest BCUT2D eigenvalue weighted by Crippen LogP contribution is -2.13. The van der Waals surface area contributed by atoms with Crippen molar-refractivity contribution in [2.45, 2.75) is 13.8 Å². The zero-order valence-corrected chi connectivity index (χ0v) is 17.2. The minimum atomic E-state index is -0.273. The molecule has 1 amide bonds. The molecule has 4 aromatic rings. The molecule has 1 N–H and O–H groups in total. The number of fused-ring (bicyclic) bond motifs is 1. The lowest BCUT2D eigenvalue weighted by atomic mass is 10.0. The number of carbonyl (C=O) groups excluding carboxylic acids is 1. The van der Waals surface area contributed by atoms with E-state index in [-0.39, 0.29) is 5.91 Å². The molecule has 30 heavy (non-hydrogen) atoms. The second-order valence-corrected chi connectivity index (χ2v) is 6.92. The lowest BCUT2D eigenvalue weighted by Gasteiger charge is -2.11. The third kappa shape index (κ3) is 3.74. The molecule has 5 nitrogen and oxygen atoms in total. The van der Waals surface area contributed by atoms with Gasteiger partial charge < -0.3 is 19.2 Å². The molecular weight excluding hydrogens is 378 g/mol. The smallest absolute Gasteiger partial charge is 0.260 e. The molecule has 0 unspecified atom stereocenters. The summed E-state index contributed by atoms with van der Waals surface area (Å²) < 4.78 is 17.2. The molecule has 4 rings (SSSR count). The molecule has 0 saturated carbocycles. The fourth-order valence-electron chi connectivity index (χ4n) is 3.46.